The van der Waals surface area contributed by atoms with E-state index in [1.54, 1.807) is 0 Å². The average Bonchev–Trinajstić information content (AvgIpc) is 2.75. The van der Waals surface area contributed by atoms with Crippen LogP contribution in [0.15, 0.2) is 11.6 Å². The second-order valence-corrected chi connectivity index (χ2v) is 14.9. The third-order valence-electron chi connectivity index (χ3n) is 13.4. The summed E-state index contributed by atoms with van der Waals surface area (Å²) < 4.78 is 0. The van der Waals surface area contributed by atoms with Crippen molar-refractivity contribution in [2.75, 3.05) is 0 Å². The number of aliphatic carboxylic acids is 1. The van der Waals surface area contributed by atoms with Gasteiger partial charge in [0.05, 0.1) is 23.2 Å². The average molecular weight is 489 g/mol. The molecule has 0 amide bonds. The smallest absolute Gasteiger partial charge is 0.310 e. The highest BCUT2D eigenvalue weighted by atomic mass is 16.4. The summed E-state index contributed by atoms with van der Waals surface area (Å²) in [6, 6.07) is 0. The van der Waals surface area contributed by atoms with Crippen molar-refractivity contribution in [2.24, 2.45) is 50.7 Å². The molecular weight excluding hydrogens is 440 g/mol. The molecular formula is C30H48O5. The van der Waals surface area contributed by atoms with Crippen molar-refractivity contribution < 1.29 is 25.2 Å². The molecule has 198 valence electrons. The van der Waals surface area contributed by atoms with Crippen LogP contribution in [0.1, 0.15) is 99.8 Å². The van der Waals surface area contributed by atoms with Gasteiger partial charge in [-0.15, -0.1) is 0 Å². The van der Waals surface area contributed by atoms with E-state index in [1.807, 2.05) is 6.92 Å². The van der Waals surface area contributed by atoms with E-state index in [2.05, 4.69) is 47.6 Å². The van der Waals surface area contributed by atoms with Crippen molar-refractivity contribution >= 4 is 5.97 Å². The molecule has 0 unspecified atom stereocenters. The maximum absolute atomic E-state index is 12.8. The summed E-state index contributed by atoms with van der Waals surface area (Å²) in [6.07, 6.45) is 7.21. The van der Waals surface area contributed by atoms with E-state index in [0.717, 1.165) is 32.1 Å². The fourth-order valence-corrected chi connectivity index (χ4v) is 11.0. The Labute approximate surface area is 211 Å². The molecule has 4 fully saturated rings. The van der Waals surface area contributed by atoms with E-state index < -0.39 is 29.2 Å². The Balaban J connectivity index is 1.65. The van der Waals surface area contributed by atoms with E-state index >= 15 is 0 Å². The van der Waals surface area contributed by atoms with Crippen LogP contribution in [0.2, 0.25) is 0 Å². The molecule has 5 heteroatoms. The van der Waals surface area contributed by atoms with Gasteiger partial charge in [0.2, 0.25) is 0 Å². The molecule has 5 aliphatic carbocycles. The highest BCUT2D eigenvalue weighted by Gasteiger charge is 2.71. The molecule has 5 aliphatic rings. The van der Waals surface area contributed by atoms with E-state index in [-0.39, 0.29) is 33.5 Å². The molecule has 0 spiro atoms. The lowest BCUT2D eigenvalue weighted by Gasteiger charge is -2.72. The lowest BCUT2D eigenvalue weighted by atomic mass is 9.33. The van der Waals surface area contributed by atoms with Gasteiger partial charge < -0.3 is 20.4 Å². The highest BCUT2D eigenvalue weighted by molar-refractivity contribution is 5.77. The molecule has 35 heavy (non-hydrogen) atoms. The van der Waals surface area contributed by atoms with E-state index in [9.17, 15) is 25.2 Å². The van der Waals surface area contributed by atoms with Crippen molar-refractivity contribution in [3.8, 4) is 0 Å². The molecule has 0 aliphatic heterocycles. The number of carboxylic acid groups (broad SMARTS) is 1. The van der Waals surface area contributed by atoms with Crippen molar-refractivity contribution in [1.29, 1.82) is 0 Å². The Morgan fingerprint density at radius 3 is 2.23 bits per heavy atom. The van der Waals surface area contributed by atoms with Gasteiger partial charge in [0.1, 0.15) is 0 Å². The molecule has 0 saturated heterocycles. The summed E-state index contributed by atoms with van der Waals surface area (Å²) in [4.78, 5) is 12.8. The monoisotopic (exact) mass is 488 g/mol. The van der Waals surface area contributed by atoms with Crippen LogP contribution in [0.4, 0.5) is 0 Å². The number of hydrogen-bond donors (Lipinski definition) is 4. The zero-order chi connectivity index (χ0) is 26.0. The van der Waals surface area contributed by atoms with Crippen LogP contribution in [0, 0.1) is 50.7 Å². The van der Waals surface area contributed by atoms with Gasteiger partial charge in [-0.2, -0.15) is 0 Å². The summed E-state index contributed by atoms with van der Waals surface area (Å²) in [5, 5.41) is 44.3. The Bertz CT molecular complexity index is 952. The first-order valence-corrected chi connectivity index (χ1v) is 14.0. The maximum Gasteiger partial charge on any atom is 0.310 e. The number of carbonyl (C=O) groups is 1. The summed E-state index contributed by atoms with van der Waals surface area (Å²) in [6.45, 7) is 15.3. The van der Waals surface area contributed by atoms with Gasteiger partial charge in [-0.05, 0) is 97.7 Å². The Morgan fingerprint density at radius 1 is 0.943 bits per heavy atom. The minimum atomic E-state index is -1.05. The molecule has 0 heterocycles. The molecule has 0 radical (unpaired) electrons. The van der Waals surface area contributed by atoms with Crippen LogP contribution in [-0.4, -0.2) is 44.2 Å². The van der Waals surface area contributed by atoms with Gasteiger partial charge in [-0.25, -0.2) is 0 Å². The third-order valence-corrected chi connectivity index (χ3v) is 13.4. The largest absolute Gasteiger partial charge is 0.481 e. The van der Waals surface area contributed by atoms with Gasteiger partial charge in [-0.3, -0.25) is 4.79 Å². The van der Waals surface area contributed by atoms with Crippen LogP contribution in [-0.2, 0) is 4.79 Å². The molecule has 0 aromatic rings. The second kappa shape index (κ2) is 7.35. The van der Waals surface area contributed by atoms with Crippen molar-refractivity contribution in [1.82, 2.24) is 0 Å². The van der Waals surface area contributed by atoms with Crippen LogP contribution < -0.4 is 0 Å². The number of rotatable bonds is 1. The van der Waals surface area contributed by atoms with E-state index in [4.69, 9.17) is 0 Å². The first kappa shape index (κ1) is 25.7. The Hall–Kier alpha value is -0.910. The number of aliphatic hydroxyl groups excluding tert-OH is 2. The summed E-state index contributed by atoms with van der Waals surface area (Å²) in [5.74, 6) is -0.394. The molecule has 11 atom stereocenters. The number of allylic oxidation sites excluding steroid dienone is 1. The molecule has 4 N–H and O–H groups in total. The number of fused-ring (bicyclic) bond motifs is 7. The van der Waals surface area contributed by atoms with E-state index in [0.29, 0.717) is 31.1 Å². The maximum atomic E-state index is 12.8. The van der Waals surface area contributed by atoms with Gasteiger partial charge >= 0.3 is 5.97 Å². The molecule has 5 rings (SSSR count). The molecule has 4 saturated carbocycles. The van der Waals surface area contributed by atoms with Crippen LogP contribution in [0.3, 0.4) is 0 Å². The van der Waals surface area contributed by atoms with Gasteiger partial charge in [0, 0.05) is 5.92 Å². The summed E-state index contributed by atoms with van der Waals surface area (Å²) in [5.41, 5.74) is -1.46. The number of aliphatic hydroxyl groups is 3. The van der Waals surface area contributed by atoms with Crippen molar-refractivity contribution in [3.63, 3.8) is 0 Å². The zero-order valence-corrected chi connectivity index (χ0v) is 22.9. The minimum Gasteiger partial charge on any atom is -0.481 e. The summed E-state index contributed by atoms with van der Waals surface area (Å²) >= 11 is 0. The Kier molecular flexibility index (Phi) is 5.40. The lowest BCUT2D eigenvalue weighted by Crippen LogP contribution is -2.68. The van der Waals surface area contributed by atoms with Gasteiger partial charge in [-0.1, -0.05) is 53.2 Å². The zero-order valence-electron chi connectivity index (χ0n) is 22.9. The van der Waals surface area contributed by atoms with Crippen molar-refractivity contribution in [3.05, 3.63) is 11.6 Å². The molecule has 0 aromatic carbocycles. The standard InChI is InChI=1S/C30H48O5/c1-17-10-13-30(24(33)34)15-14-27(5)18(22(30)29(17,7)35)8-9-21-26(4)16-19(31)23(32)25(2,3)20(26)11-12-28(21,27)6/h8,17,19-23,31-32,35H,9-16H2,1-7H3,(H,33,34)/t17-,19-,20-,21-,22+,23-,26+,27-,28-,29-,30+/m1/s1. The molecule has 0 bridgehead atoms. The lowest BCUT2D eigenvalue weighted by molar-refractivity contribution is -0.237. The van der Waals surface area contributed by atoms with Crippen LogP contribution >= 0.6 is 0 Å². The van der Waals surface area contributed by atoms with Crippen LogP contribution in [0.5, 0.6) is 0 Å². The number of hydrogen-bond acceptors (Lipinski definition) is 4. The van der Waals surface area contributed by atoms with Gasteiger partial charge in [0.25, 0.3) is 0 Å². The number of carboxylic acids is 1. The normalized spacial score (nSPS) is 57.1. The topological polar surface area (TPSA) is 98.0 Å². The highest BCUT2D eigenvalue weighted by Crippen LogP contribution is 2.76. The fraction of sp³-hybridized carbons (Fsp3) is 0.900. The fourth-order valence-electron chi connectivity index (χ4n) is 11.0. The van der Waals surface area contributed by atoms with Crippen molar-refractivity contribution in [2.45, 2.75) is 118 Å². The quantitative estimate of drug-likeness (QED) is 0.382. The van der Waals surface area contributed by atoms with Crippen LogP contribution in [0.25, 0.3) is 0 Å². The minimum absolute atomic E-state index is 0.0535. The Morgan fingerprint density at radius 2 is 1.60 bits per heavy atom. The predicted molar refractivity (Wildman–Crippen MR) is 135 cm³/mol. The predicted octanol–water partition coefficient (Wildman–Crippen LogP) is 5.18. The van der Waals surface area contributed by atoms with Gasteiger partial charge in [0.15, 0.2) is 0 Å². The first-order valence-electron chi connectivity index (χ1n) is 14.0. The first-order chi connectivity index (χ1) is 16.0. The molecule has 0 aromatic heterocycles. The SMILES string of the molecule is C[C@@H]1CC[C@]2(C(=O)O)CC[C@]3(C)C(=CC[C@@H]4[C@@]5(C)C[C@@H](O)[C@@H](O)C(C)(C)[C@H]5CC[C@]43C)[C@H]2[C@]1(C)O. The molecule has 5 nitrogen and oxygen atoms in total. The second-order valence-electron chi connectivity index (χ2n) is 14.9. The third kappa shape index (κ3) is 2.90. The van der Waals surface area contributed by atoms with E-state index in [1.165, 1.54) is 5.57 Å². The summed E-state index contributed by atoms with van der Waals surface area (Å²) in [7, 11) is 0.